The maximum Gasteiger partial charge on any atom is 0.243 e. The van der Waals surface area contributed by atoms with Gasteiger partial charge in [-0.3, -0.25) is 4.79 Å². The van der Waals surface area contributed by atoms with Gasteiger partial charge >= 0.3 is 0 Å². The van der Waals surface area contributed by atoms with Crippen LogP contribution in [0.2, 0.25) is 0 Å². The van der Waals surface area contributed by atoms with Crippen molar-refractivity contribution in [2.24, 2.45) is 5.92 Å². The zero-order valence-electron chi connectivity index (χ0n) is 15.6. The Morgan fingerprint density at radius 2 is 1.89 bits per heavy atom. The van der Waals surface area contributed by atoms with E-state index in [1.165, 1.54) is 4.31 Å². The lowest BCUT2D eigenvalue weighted by Gasteiger charge is -2.31. The number of nitrogens with zero attached hydrogens (tertiary/aromatic N) is 1. The molecule has 0 spiro atoms. The third-order valence-electron chi connectivity index (χ3n) is 4.98. The fourth-order valence-corrected chi connectivity index (χ4v) is 4.96. The van der Waals surface area contributed by atoms with Crippen LogP contribution in [0.25, 0.3) is 0 Å². The molecular weight excluding hydrogens is 388 g/mol. The number of carbonyl (C=O) groups excluding carboxylic acids is 1. The highest BCUT2D eigenvalue weighted by atomic mass is 32.2. The zero-order chi connectivity index (χ0) is 20.5. The number of ether oxygens (including phenoxy) is 1. The number of carbonyl (C=O) groups is 1. The van der Waals surface area contributed by atoms with Gasteiger partial charge in [-0.1, -0.05) is 0 Å². The monoisotopic (exact) mass is 409 g/mol. The van der Waals surface area contributed by atoms with Crippen molar-refractivity contribution in [1.29, 1.82) is 0 Å². The first-order chi connectivity index (χ1) is 13.2. The van der Waals surface area contributed by atoms with Gasteiger partial charge in [0.15, 0.2) is 17.4 Å². The molecule has 1 aliphatic heterocycles. The van der Waals surface area contributed by atoms with E-state index in [1.54, 1.807) is 32.2 Å². The average molecular weight is 409 g/mol. The van der Waals surface area contributed by atoms with Crippen molar-refractivity contribution in [3.8, 4) is 5.75 Å². The van der Waals surface area contributed by atoms with Crippen LogP contribution in [0.15, 0.2) is 41.3 Å². The van der Waals surface area contributed by atoms with Crippen molar-refractivity contribution in [3.63, 3.8) is 0 Å². The molecule has 0 aliphatic carbocycles. The van der Waals surface area contributed by atoms with E-state index in [4.69, 9.17) is 4.74 Å². The minimum Gasteiger partial charge on any atom is -0.497 e. The predicted octanol–water partition coefficient (Wildman–Crippen LogP) is 3.57. The maximum absolute atomic E-state index is 13.5. The maximum atomic E-state index is 13.5. The highest BCUT2D eigenvalue weighted by Gasteiger charge is 2.34. The highest BCUT2D eigenvalue weighted by Crippen LogP contribution is 2.28. The number of hydrogen-bond acceptors (Lipinski definition) is 4. The second kappa shape index (κ2) is 7.97. The Labute approximate surface area is 163 Å². The molecule has 1 heterocycles. The lowest BCUT2D eigenvalue weighted by atomic mass is 9.89. The van der Waals surface area contributed by atoms with Gasteiger partial charge in [-0.25, -0.2) is 17.2 Å². The van der Waals surface area contributed by atoms with E-state index in [0.29, 0.717) is 30.2 Å². The minimum absolute atomic E-state index is 0.00559. The lowest BCUT2D eigenvalue weighted by molar-refractivity contribution is 0.0871. The third kappa shape index (κ3) is 3.93. The summed E-state index contributed by atoms with van der Waals surface area (Å²) in [5.41, 5.74) is 1.28. The van der Waals surface area contributed by atoms with Crippen LogP contribution in [0.3, 0.4) is 0 Å². The molecule has 1 unspecified atom stereocenters. The summed E-state index contributed by atoms with van der Waals surface area (Å²) in [6.45, 7) is 2.03. The van der Waals surface area contributed by atoms with Gasteiger partial charge in [0.25, 0.3) is 0 Å². The molecule has 0 amide bonds. The zero-order valence-corrected chi connectivity index (χ0v) is 16.4. The van der Waals surface area contributed by atoms with Gasteiger partial charge in [0.1, 0.15) is 5.75 Å². The van der Waals surface area contributed by atoms with Crippen LogP contribution in [-0.4, -0.2) is 38.7 Å². The van der Waals surface area contributed by atoms with E-state index in [1.807, 2.05) is 0 Å². The molecule has 0 aromatic heterocycles. The molecule has 1 saturated heterocycles. The van der Waals surface area contributed by atoms with E-state index >= 15 is 0 Å². The first-order valence-electron chi connectivity index (χ1n) is 8.88. The van der Waals surface area contributed by atoms with Crippen LogP contribution in [-0.2, 0) is 10.0 Å². The molecule has 5 nitrogen and oxygen atoms in total. The van der Waals surface area contributed by atoms with E-state index in [-0.39, 0.29) is 23.8 Å². The van der Waals surface area contributed by atoms with Gasteiger partial charge in [0.2, 0.25) is 10.0 Å². The molecule has 28 heavy (non-hydrogen) atoms. The molecule has 0 radical (unpaired) electrons. The first kappa shape index (κ1) is 20.4. The van der Waals surface area contributed by atoms with Crippen molar-refractivity contribution < 1.29 is 26.7 Å². The Morgan fingerprint density at radius 1 is 1.14 bits per heavy atom. The van der Waals surface area contributed by atoms with Gasteiger partial charge in [0.05, 0.1) is 12.0 Å². The summed E-state index contributed by atoms with van der Waals surface area (Å²) in [5.74, 6) is -2.33. The number of aryl methyl sites for hydroxylation is 1. The fourth-order valence-electron chi connectivity index (χ4n) is 3.42. The van der Waals surface area contributed by atoms with Crippen molar-refractivity contribution in [2.45, 2.75) is 24.7 Å². The molecule has 1 fully saturated rings. The summed E-state index contributed by atoms with van der Waals surface area (Å²) in [6, 6.07) is 7.62. The molecule has 150 valence electrons. The SMILES string of the molecule is COc1ccc(C(=O)C2CCCN(S(=O)(=O)c3ccc(F)c(F)c3)C2)c(C)c1. The molecule has 2 aromatic carbocycles. The summed E-state index contributed by atoms with van der Waals surface area (Å²) in [7, 11) is -2.48. The second-order valence-corrected chi connectivity index (χ2v) is 8.76. The van der Waals surface area contributed by atoms with Crippen molar-refractivity contribution in [1.82, 2.24) is 4.31 Å². The third-order valence-corrected chi connectivity index (χ3v) is 6.84. The van der Waals surface area contributed by atoms with Gasteiger partial charge in [-0.05, 0) is 61.7 Å². The normalized spacial score (nSPS) is 18.1. The fraction of sp³-hybridized carbons (Fsp3) is 0.350. The van der Waals surface area contributed by atoms with Crippen molar-refractivity contribution in [2.75, 3.05) is 20.2 Å². The minimum atomic E-state index is -4.02. The van der Waals surface area contributed by atoms with Crippen LogP contribution < -0.4 is 4.74 Å². The van der Waals surface area contributed by atoms with E-state index in [2.05, 4.69) is 0 Å². The molecule has 1 aliphatic rings. The molecule has 2 aromatic rings. The van der Waals surface area contributed by atoms with Crippen LogP contribution >= 0.6 is 0 Å². The van der Waals surface area contributed by atoms with Gasteiger partial charge in [0, 0.05) is 24.6 Å². The second-order valence-electron chi connectivity index (χ2n) is 6.82. The number of rotatable bonds is 5. The molecule has 0 N–H and O–H groups in total. The Morgan fingerprint density at radius 3 is 2.54 bits per heavy atom. The number of sulfonamides is 1. The Hall–Kier alpha value is -2.32. The molecule has 3 rings (SSSR count). The summed E-state index contributed by atoms with van der Waals surface area (Å²) in [6.07, 6.45) is 1.07. The molecule has 0 bridgehead atoms. The largest absolute Gasteiger partial charge is 0.497 e. The van der Waals surface area contributed by atoms with Crippen LogP contribution in [0.5, 0.6) is 5.75 Å². The highest BCUT2D eigenvalue weighted by molar-refractivity contribution is 7.89. The average Bonchev–Trinajstić information content (AvgIpc) is 2.69. The summed E-state index contributed by atoms with van der Waals surface area (Å²) < 4.78 is 58.6. The van der Waals surface area contributed by atoms with Crippen LogP contribution in [0.4, 0.5) is 8.78 Å². The number of methoxy groups -OCH3 is 1. The molecule has 1 atom stereocenters. The molecule has 0 saturated carbocycles. The van der Waals surface area contributed by atoms with Gasteiger partial charge in [-0.2, -0.15) is 4.31 Å². The Bertz CT molecular complexity index is 1010. The number of Topliss-reactive ketones (excluding diaryl/α,β-unsaturated/α-hetero) is 1. The predicted molar refractivity (Wildman–Crippen MR) is 99.9 cm³/mol. The van der Waals surface area contributed by atoms with Crippen LogP contribution in [0.1, 0.15) is 28.8 Å². The number of piperidine rings is 1. The van der Waals surface area contributed by atoms with Gasteiger partial charge in [-0.15, -0.1) is 0 Å². The van der Waals surface area contributed by atoms with E-state index in [9.17, 15) is 22.0 Å². The van der Waals surface area contributed by atoms with E-state index in [0.717, 1.165) is 17.7 Å². The van der Waals surface area contributed by atoms with Crippen molar-refractivity contribution >= 4 is 15.8 Å². The first-order valence-corrected chi connectivity index (χ1v) is 10.3. The number of benzene rings is 2. The quantitative estimate of drug-likeness (QED) is 0.709. The Balaban J connectivity index is 1.83. The summed E-state index contributed by atoms with van der Waals surface area (Å²) in [5, 5.41) is 0. The number of hydrogen-bond donors (Lipinski definition) is 0. The smallest absolute Gasteiger partial charge is 0.243 e. The molecule has 8 heteroatoms. The standard InChI is InChI=1S/C20H21F2NO4S/c1-13-10-15(27-2)5-7-17(13)20(24)14-4-3-9-23(12-14)28(25,26)16-6-8-18(21)19(22)11-16/h5-8,10-11,14H,3-4,9,12H2,1-2H3. The number of halogens is 2. The van der Waals surface area contributed by atoms with Crippen LogP contribution in [0, 0.1) is 24.5 Å². The number of ketones is 1. The topological polar surface area (TPSA) is 63.7 Å². The Kier molecular flexibility index (Phi) is 5.81. The van der Waals surface area contributed by atoms with Gasteiger partial charge < -0.3 is 4.74 Å². The lowest BCUT2D eigenvalue weighted by Crippen LogP contribution is -2.42. The summed E-state index contributed by atoms with van der Waals surface area (Å²) >= 11 is 0. The van der Waals surface area contributed by atoms with E-state index < -0.39 is 27.6 Å². The molecular formula is C20H21F2NO4S. The van der Waals surface area contributed by atoms with Crippen molar-refractivity contribution in [3.05, 3.63) is 59.2 Å². The summed E-state index contributed by atoms with van der Waals surface area (Å²) in [4.78, 5) is 12.6.